The van der Waals surface area contributed by atoms with E-state index >= 15 is 0 Å². The summed E-state index contributed by atoms with van der Waals surface area (Å²) in [6.07, 6.45) is 1.43. The Morgan fingerprint density at radius 3 is 2.53 bits per heavy atom. The van der Waals surface area contributed by atoms with Gasteiger partial charge >= 0.3 is 0 Å². The van der Waals surface area contributed by atoms with Crippen molar-refractivity contribution in [3.8, 4) is 5.75 Å². The van der Waals surface area contributed by atoms with E-state index in [1.54, 1.807) is 4.68 Å². The Hall–Kier alpha value is -1.29. The Morgan fingerprint density at radius 1 is 1.33 bits per heavy atom. The highest BCUT2D eigenvalue weighted by atomic mass is 79.9. The maximum atomic E-state index is 9.33. The van der Waals surface area contributed by atoms with Crippen LogP contribution in [0, 0.1) is 6.92 Å². The van der Waals surface area contributed by atoms with Crippen LogP contribution in [0.2, 0.25) is 0 Å². The Bertz CT molecular complexity index is 462. The lowest BCUT2D eigenvalue weighted by molar-refractivity contribution is 0.469. The lowest BCUT2D eigenvalue weighted by Crippen LogP contribution is -2.01. The second kappa shape index (κ2) is 4.06. The first-order valence-electron chi connectivity index (χ1n) is 4.62. The fourth-order valence-corrected chi connectivity index (χ4v) is 1.66. The molecule has 0 atom stereocenters. The maximum Gasteiger partial charge on any atom is 0.168 e. The summed E-state index contributed by atoms with van der Waals surface area (Å²) >= 11 is 3.27. The summed E-state index contributed by atoms with van der Waals surface area (Å²) in [7, 11) is 0. The average molecular weight is 267 g/mol. The van der Waals surface area contributed by atoms with Crippen molar-refractivity contribution >= 4 is 15.9 Å². The molecular weight excluding hydrogens is 256 g/mol. The minimum Gasteiger partial charge on any atom is -0.504 e. The summed E-state index contributed by atoms with van der Waals surface area (Å²) in [5.74, 6) is 0.169. The summed E-state index contributed by atoms with van der Waals surface area (Å²) < 4.78 is 2.32. The third-order valence-corrected chi connectivity index (χ3v) is 3.03. The van der Waals surface area contributed by atoms with Crippen molar-refractivity contribution in [2.45, 2.75) is 13.5 Å². The first-order valence-corrected chi connectivity index (χ1v) is 5.42. The van der Waals surface area contributed by atoms with E-state index in [0.717, 1.165) is 5.56 Å². The molecule has 0 amide bonds. The topological polar surface area (TPSA) is 38.0 Å². The minimum atomic E-state index is 0.169. The molecule has 0 fully saturated rings. The van der Waals surface area contributed by atoms with Crippen molar-refractivity contribution in [2.75, 3.05) is 0 Å². The summed E-state index contributed by atoms with van der Waals surface area (Å²) in [4.78, 5) is 0. The van der Waals surface area contributed by atoms with E-state index in [0.29, 0.717) is 11.1 Å². The molecule has 0 saturated heterocycles. The molecule has 0 spiro atoms. The number of aromatic nitrogens is 2. The third-order valence-electron chi connectivity index (χ3n) is 2.21. The minimum absolute atomic E-state index is 0.169. The van der Waals surface area contributed by atoms with Gasteiger partial charge in [0, 0.05) is 0 Å². The van der Waals surface area contributed by atoms with Crippen LogP contribution in [-0.2, 0) is 6.54 Å². The van der Waals surface area contributed by atoms with Crippen molar-refractivity contribution < 1.29 is 5.11 Å². The SMILES string of the molecule is Cc1ccc(Cn2ncc(O)c2Br)cc1. The standard InChI is InChI=1S/C11H11BrN2O/c1-8-2-4-9(5-3-8)7-14-11(12)10(15)6-13-14/h2-6,15H,7H2,1H3. The van der Waals surface area contributed by atoms with Gasteiger partial charge in [-0.15, -0.1) is 0 Å². The molecule has 1 N–H and O–H groups in total. The molecule has 1 aromatic heterocycles. The van der Waals surface area contributed by atoms with Crippen LogP contribution in [0.25, 0.3) is 0 Å². The normalized spacial score (nSPS) is 10.5. The van der Waals surface area contributed by atoms with E-state index in [-0.39, 0.29) is 5.75 Å². The molecule has 15 heavy (non-hydrogen) atoms. The van der Waals surface area contributed by atoms with Crippen molar-refractivity contribution in [2.24, 2.45) is 0 Å². The van der Waals surface area contributed by atoms with E-state index in [1.165, 1.54) is 11.8 Å². The largest absolute Gasteiger partial charge is 0.504 e. The molecule has 0 aliphatic heterocycles. The molecule has 0 radical (unpaired) electrons. The van der Waals surface area contributed by atoms with Gasteiger partial charge in [0.25, 0.3) is 0 Å². The van der Waals surface area contributed by atoms with Crippen molar-refractivity contribution in [3.05, 3.63) is 46.2 Å². The number of hydrogen-bond donors (Lipinski definition) is 1. The Balaban J connectivity index is 2.22. The van der Waals surface area contributed by atoms with Gasteiger partial charge in [0.15, 0.2) is 5.75 Å². The van der Waals surface area contributed by atoms with Crippen LogP contribution >= 0.6 is 15.9 Å². The highest BCUT2D eigenvalue weighted by Gasteiger charge is 2.06. The van der Waals surface area contributed by atoms with Gasteiger partial charge in [0.1, 0.15) is 4.60 Å². The predicted octanol–water partition coefficient (Wildman–Crippen LogP) is 2.71. The second-order valence-electron chi connectivity index (χ2n) is 3.46. The van der Waals surface area contributed by atoms with Crippen molar-refractivity contribution in [1.82, 2.24) is 9.78 Å². The van der Waals surface area contributed by atoms with Crippen LogP contribution in [-0.4, -0.2) is 14.9 Å². The molecule has 0 aliphatic rings. The molecular formula is C11H11BrN2O. The fourth-order valence-electron chi connectivity index (χ4n) is 1.34. The van der Waals surface area contributed by atoms with Gasteiger partial charge in [0.2, 0.25) is 0 Å². The molecule has 78 valence electrons. The van der Waals surface area contributed by atoms with Gasteiger partial charge < -0.3 is 5.11 Å². The van der Waals surface area contributed by atoms with E-state index in [4.69, 9.17) is 0 Å². The van der Waals surface area contributed by atoms with Gasteiger partial charge in [-0.1, -0.05) is 29.8 Å². The Kier molecular flexibility index (Phi) is 2.77. The number of aromatic hydroxyl groups is 1. The zero-order valence-electron chi connectivity index (χ0n) is 8.31. The summed E-state index contributed by atoms with van der Waals surface area (Å²) in [5.41, 5.74) is 2.39. The predicted molar refractivity (Wildman–Crippen MR) is 61.9 cm³/mol. The quantitative estimate of drug-likeness (QED) is 0.908. The Labute approximate surface area is 96.5 Å². The smallest absolute Gasteiger partial charge is 0.168 e. The van der Waals surface area contributed by atoms with Crippen LogP contribution in [0.1, 0.15) is 11.1 Å². The van der Waals surface area contributed by atoms with E-state index in [2.05, 4.69) is 52.2 Å². The van der Waals surface area contributed by atoms with Crippen LogP contribution in [0.15, 0.2) is 35.1 Å². The van der Waals surface area contributed by atoms with E-state index < -0.39 is 0 Å². The fraction of sp³-hybridized carbons (Fsp3) is 0.182. The average Bonchev–Trinajstić information content (AvgIpc) is 2.53. The first kappa shape index (κ1) is 10.2. The van der Waals surface area contributed by atoms with Gasteiger partial charge in [0.05, 0.1) is 12.7 Å². The summed E-state index contributed by atoms with van der Waals surface area (Å²) in [6, 6.07) is 8.24. The molecule has 0 bridgehead atoms. The second-order valence-corrected chi connectivity index (χ2v) is 4.22. The highest BCUT2D eigenvalue weighted by Crippen LogP contribution is 2.23. The number of nitrogens with zero attached hydrogens (tertiary/aromatic N) is 2. The maximum absolute atomic E-state index is 9.33. The number of benzene rings is 1. The number of aryl methyl sites for hydroxylation is 1. The van der Waals surface area contributed by atoms with Gasteiger partial charge in [-0.2, -0.15) is 5.10 Å². The molecule has 2 aromatic rings. The third kappa shape index (κ3) is 2.21. The molecule has 4 heteroatoms. The Morgan fingerprint density at radius 2 is 2.00 bits per heavy atom. The van der Waals surface area contributed by atoms with Crippen molar-refractivity contribution in [1.29, 1.82) is 0 Å². The lowest BCUT2D eigenvalue weighted by atomic mass is 10.1. The van der Waals surface area contributed by atoms with E-state index in [1.807, 2.05) is 0 Å². The van der Waals surface area contributed by atoms with Gasteiger partial charge in [-0.25, -0.2) is 0 Å². The van der Waals surface area contributed by atoms with Crippen LogP contribution in [0.5, 0.6) is 5.75 Å². The summed E-state index contributed by atoms with van der Waals surface area (Å²) in [5, 5.41) is 13.4. The first-order chi connectivity index (χ1) is 7.16. The molecule has 0 saturated carbocycles. The van der Waals surface area contributed by atoms with Crippen LogP contribution < -0.4 is 0 Å². The summed E-state index contributed by atoms with van der Waals surface area (Å²) in [6.45, 7) is 2.71. The zero-order chi connectivity index (χ0) is 10.8. The molecule has 1 heterocycles. The van der Waals surface area contributed by atoms with Crippen LogP contribution in [0.4, 0.5) is 0 Å². The number of rotatable bonds is 2. The van der Waals surface area contributed by atoms with Gasteiger partial charge in [-0.05, 0) is 28.4 Å². The van der Waals surface area contributed by atoms with E-state index in [9.17, 15) is 5.11 Å². The van der Waals surface area contributed by atoms with Crippen molar-refractivity contribution in [3.63, 3.8) is 0 Å². The molecule has 1 aromatic carbocycles. The zero-order valence-corrected chi connectivity index (χ0v) is 9.90. The molecule has 3 nitrogen and oxygen atoms in total. The monoisotopic (exact) mass is 266 g/mol. The van der Waals surface area contributed by atoms with Gasteiger partial charge in [-0.3, -0.25) is 4.68 Å². The number of halogens is 1. The molecule has 0 unspecified atom stereocenters. The highest BCUT2D eigenvalue weighted by molar-refractivity contribution is 9.10. The molecule has 2 rings (SSSR count). The number of hydrogen-bond acceptors (Lipinski definition) is 2. The molecule has 0 aliphatic carbocycles. The lowest BCUT2D eigenvalue weighted by Gasteiger charge is -2.03. The van der Waals surface area contributed by atoms with Crippen LogP contribution in [0.3, 0.4) is 0 Å².